The van der Waals surface area contributed by atoms with Crippen LogP contribution in [0.5, 0.6) is 0 Å². The van der Waals surface area contributed by atoms with E-state index in [0.717, 1.165) is 4.47 Å². The monoisotopic (exact) mass is 312 g/mol. The van der Waals surface area contributed by atoms with E-state index in [2.05, 4.69) is 70.5 Å². The van der Waals surface area contributed by atoms with Crippen molar-refractivity contribution in [2.75, 3.05) is 0 Å². The standard InChI is InChI=1S/C16H9BrS/c17-11-6-8-12-10(9-11)5-7-14-13-3-1-2-4-15(13)18-16(12)14/h1-9H. The Morgan fingerprint density at radius 1 is 0.778 bits per heavy atom. The number of rotatable bonds is 0. The van der Waals surface area contributed by atoms with Gasteiger partial charge in [0.1, 0.15) is 0 Å². The van der Waals surface area contributed by atoms with Crippen molar-refractivity contribution in [2.24, 2.45) is 0 Å². The van der Waals surface area contributed by atoms with E-state index in [1.165, 1.54) is 30.9 Å². The normalized spacial score (nSPS) is 11.6. The lowest BCUT2D eigenvalue weighted by Gasteiger charge is -2.00. The van der Waals surface area contributed by atoms with E-state index < -0.39 is 0 Å². The highest BCUT2D eigenvalue weighted by Crippen LogP contribution is 2.38. The first-order valence-corrected chi connectivity index (χ1v) is 7.43. The van der Waals surface area contributed by atoms with E-state index >= 15 is 0 Å². The van der Waals surface area contributed by atoms with E-state index in [-0.39, 0.29) is 0 Å². The fraction of sp³-hybridized carbons (Fsp3) is 0. The SMILES string of the molecule is Brc1ccc2c(ccc3c4ccccc4sc23)c1. The molecule has 0 aliphatic heterocycles. The zero-order chi connectivity index (χ0) is 12.1. The molecule has 18 heavy (non-hydrogen) atoms. The van der Waals surface area contributed by atoms with Crippen molar-refractivity contribution in [3.8, 4) is 0 Å². The molecule has 1 aromatic heterocycles. The lowest BCUT2D eigenvalue weighted by Crippen LogP contribution is -1.73. The Hall–Kier alpha value is -1.38. The van der Waals surface area contributed by atoms with Crippen molar-refractivity contribution >= 4 is 58.2 Å². The molecule has 0 fully saturated rings. The molecule has 0 bridgehead atoms. The molecular formula is C16H9BrS. The maximum absolute atomic E-state index is 3.53. The van der Waals surface area contributed by atoms with Crippen LogP contribution in [-0.2, 0) is 0 Å². The Balaban J connectivity index is 2.28. The molecule has 4 rings (SSSR count). The van der Waals surface area contributed by atoms with Gasteiger partial charge in [-0.2, -0.15) is 0 Å². The van der Waals surface area contributed by atoms with Gasteiger partial charge in [-0.25, -0.2) is 0 Å². The van der Waals surface area contributed by atoms with E-state index in [1.54, 1.807) is 0 Å². The summed E-state index contributed by atoms with van der Waals surface area (Å²) in [6, 6.07) is 19.6. The van der Waals surface area contributed by atoms with Crippen LogP contribution in [0.15, 0.2) is 59.1 Å². The first-order valence-electron chi connectivity index (χ1n) is 5.82. The van der Waals surface area contributed by atoms with E-state index in [4.69, 9.17) is 0 Å². The summed E-state index contributed by atoms with van der Waals surface area (Å²) in [5.74, 6) is 0. The molecule has 1 heterocycles. The largest absolute Gasteiger partial charge is 0.135 e. The highest BCUT2D eigenvalue weighted by Gasteiger charge is 2.07. The Morgan fingerprint density at radius 3 is 2.56 bits per heavy atom. The third kappa shape index (κ3) is 1.43. The fourth-order valence-corrected chi connectivity index (χ4v) is 4.10. The van der Waals surface area contributed by atoms with Crippen molar-refractivity contribution in [3.63, 3.8) is 0 Å². The number of hydrogen-bond acceptors (Lipinski definition) is 1. The highest BCUT2D eigenvalue weighted by molar-refractivity contribution is 9.10. The summed E-state index contributed by atoms with van der Waals surface area (Å²) in [7, 11) is 0. The summed E-state index contributed by atoms with van der Waals surface area (Å²) in [5.41, 5.74) is 0. The van der Waals surface area contributed by atoms with Crippen LogP contribution in [-0.4, -0.2) is 0 Å². The minimum atomic E-state index is 1.13. The third-order valence-corrected chi connectivity index (χ3v) is 5.03. The first-order chi connectivity index (χ1) is 8.83. The number of hydrogen-bond donors (Lipinski definition) is 0. The van der Waals surface area contributed by atoms with E-state index in [1.807, 2.05) is 11.3 Å². The Morgan fingerprint density at radius 2 is 1.61 bits per heavy atom. The molecular weight excluding hydrogens is 304 g/mol. The number of thiophene rings is 1. The zero-order valence-corrected chi connectivity index (χ0v) is 11.9. The van der Waals surface area contributed by atoms with Crippen LogP contribution >= 0.6 is 27.3 Å². The lowest BCUT2D eigenvalue weighted by molar-refractivity contribution is 1.74. The average molecular weight is 313 g/mol. The molecule has 2 heteroatoms. The van der Waals surface area contributed by atoms with Crippen LogP contribution in [0.4, 0.5) is 0 Å². The van der Waals surface area contributed by atoms with E-state index in [9.17, 15) is 0 Å². The van der Waals surface area contributed by atoms with Crippen LogP contribution in [0.1, 0.15) is 0 Å². The smallest absolute Gasteiger partial charge is 0.0433 e. The van der Waals surface area contributed by atoms with Gasteiger partial charge in [-0.1, -0.05) is 52.3 Å². The highest BCUT2D eigenvalue weighted by atomic mass is 79.9. The van der Waals surface area contributed by atoms with Crippen LogP contribution in [0.2, 0.25) is 0 Å². The molecule has 0 atom stereocenters. The molecule has 86 valence electrons. The average Bonchev–Trinajstić information content (AvgIpc) is 2.77. The summed E-state index contributed by atoms with van der Waals surface area (Å²) in [4.78, 5) is 0. The Bertz CT molecular complexity index is 889. The third-order valence-electron chi connectivity index (χ3n) is 3.32. The van der Waals surface area contributed by atoms with Gasteiger partial charge in [0.25, 0.3) is 0 Å². The summed E-state index contributed by atoms with van der Waals surface area (Å²) >= 11 is 5.42. The molecule has 0 saturated carbocycles. The molecule has 0 aliphatic rings. The molecule has 0 N–H and O–H groups in total. The maximum atomic E-state index is 3.53. The second-order valence-electron chi connectivity index (χ2n) is 4.41. The predicted octanol–water partition coefficient (Wildman–Crippen LogP) is 5.97. The van der Waals surface area contributed by atoms with Gasteiger partial charge in [0.05, 0.1) is 0 Å². The lowest BCUT2D eigenvalue weighted by atomic mass is 10.1. The van der Waals surface area contributed by atoms with Crippen molar-refractivity contribution in [3.05, 3.63) is 59.1 Å². The van der Waals surface area contributed by atoms with Gasteiger partial charge in [-0.05, 0) is 29.0 Å². The summed E-state index contributed by atoms with van der Waals surface area (Å²) in [5, 5.41) is 5.37. The van der Waals surface area contributed by atoms with Crippen molar-refractivity contribution in [1.29, 1.82) is 0 Å². The fourth-order valence-electron chi connectivity index (χ4n) is 2.48. The molecule has 0 nitrogen and oxygen atoms in total. The van der Waals surface area contributed by atoms with Gasteiger partial charge in [0, 0.05) is 24.6 Å². The molecule has 0 unspecified atom stereocenters. The van der Waals surface area contributed by atoms with Gasteiger partial charge >= 0.3 is 0 Å². The topological polar surface area (TPSA) is 0 Å². The van der Waals surface area contributed by atoms with Crippen molar-refractivity contribution in [1.82, 2.24) is 0 Å². The quantitative estimate of drug-likeness (QED) is 0.375. The number of fused-ring (bicyclic) bond motifs is 5. The Labute approximate surface area is 117 Å². The second kappa shape index (κ2) is 3.81. The first kappa shape index (κ1) is 10.5. The number of halogens is 1. The molecule has 0 radical (unpaired) electrons. The zero-order valence-electron chi connectivity index (χ0n) is 9.48. The van der Waals surface area contributed by atoms with Gasteiger partial charge in [-0.15, -0.1) is 11.3 Å². The van der Waals surface area contributed by atoms with Gasteiger partial charge in [0.15, 0.2) is 0 Å². The van der Waals surface area contributed by atoms with Crippen LogP contribution in [0.3, 0.4) is 0 Å². The molecule has 0 aliphatic carbocycles. The minimum Gasteiger partial charge on any atom is -0.135 e. The second-order valence-corrected chi connectivity index (χ2v) is 6.37. The molecule has 3 aromatic carbocycles. The maximum Gasteiger partial charge on any atom is 0.0433 e. The summed E-state index contributed by atoms with van der Waals surface area (Å²) in [6.45, 7) is 0. The molecule has 0 saturated heterocycles. The molecule has 0 amide bonds. The van der Waals surface area contributed by atoms with Crippen LogP contribution < -0.4 is 0 Å². The van der Waals surface area contributed by atoms with Gasteiger partial charge < -0.3 is 0 Å². The summed E-state index contributed by atoms with van der Waals surface area (Å²) in [6.07, 6.45) is 0. The molecule has 0 spiro atoms. The van der Waals surface area contributed by atoms with Crippen molar-refractivity contribution in [2.45, 2.75) is 0 Å². The summed E-state index contributed by atoms with van der Waals surface area (Å²) < 4.78 is 3.89. The molecule has 4 aromatic rings. The van der Waals surface area contributed by atoms with Gasteiger partial charge in [-0.3, -0.25) is 0 Å². The number of benzene rings is 3. The van der Waals surface area contributed by atoms with E-state index in [0.29, 0.717) is 0 Å². The van der Waals surface area contributed by atoms with Crippen LogP contribution in [0, 0.1) is 0 Å². The predicted molar refractivity (Wildman–Crippen MR) is 84.5 cm³/mol. The Kier molecular flexibility index (Phi) is 2.23. The van der Waals surface area contributed by atoms with Crippen LogP contribution in [0.25, 0.3) is 30.9 Å². The van der Waals surface area contributed by atoms with Crippen molar-refractivity contribution < 1.29 is 0 Å². The minimum absolute atomic E-state index is 1.13. The van der Waals surface area contributed by atoms with Gasteiger partial charge in [0.2, 0.25) is 0 Å².